The van der Waals surface area contributed by atoms with Gasteiger partial charge in [-0.15, -0.1) is 0 Å². The van der Waals surface area contributed by atoms with Gasteiger partial charge in [-0.3, -0.25) is 4.21 Å². The van der Waals surface area contributed by atoms with Crippen molar-refractivity contribution in [2.75, 3.05) is 24.3 Å². The standard InChI is InChI=1S/C16H17NO2S/c1-20(18)14-8-6-13(7-9-14)12-17-10-11-19-16-5-3-2-4-15(16)17/h2-9H,10-12H2,1H3/t20-/m0/s1. The zero-order chi connectivity index (χ0) is 13.9. The lowest BCUT2D eigenvalue weighted by Gasteiger charge is -2.31. The number of hydrogen-bond donors (Lipinski definition) is 0. The van der Waals surface area contributed by atoms with Gasteiger partial charge in [-0.1, -0.05) is 24.3 Å². The largest absolute Gasteiger partial charge is 0.490 e. The maximum atomic E-state index is 11.4. The molecule has 2 aromatic rings. The van der Waals surface area contributed by atoms with Gasteiger partial charge < -0.3 is 9.64 Å². The summed E-state index contributed by atoms with van der Waals surface area (Å²) in [6.07, 6.45) is 1.70. The van der Waals surface area contributed by atoms with Gasteiger partial charge in [0.2, 0.25) is 0 Å². The zero-order valence-corrected chi connectivity index (χ0v) is 12.2. The van der Waals surface area contributed by atoms with Crippen molar-refractivity contribution in [1.82, 2.24) is 0 Å². The molecular weight excluding hydrogens is 270 g/mol. The molecule has 0 aromatic heterocycles. The number of benzene rings is 2. The fourth-order valence-electron chi connectivity index (χ4n) is 2.40. The number of para-hydroxylation sites is 2. The van der Waals surface area contributed by atoms with Crippen LogP contribution in [-0.2, 0) is 17.3 Å². The van der Waals surface area contributed by atoms with Crippen LogP contribution in [-0.4, -0.2) is 23.6 Å². The Morgan fingerprint density at radius 3 is 2.65 bits per heavy atom. The summed E-state index contributed by atoms with van der Waals surface area (Å²) < 4.78 is 17.1. The fraction of sp³-hybridized carbons (Fsp3) is 0.250. The van der Waals surface area contributed by atoms with Crippen LogP contribution < -0.4 is 9.64 Å². The van der Waals surface area contributed by atoms with E-state index in [0.29, 0.717) is 6.61 Å². The molecule has 0 spiro atoms. The molecule has 0 saturated heterocycles. The summed E-state index contributed by atoms with van der Waals surface area (Å²) in [4.78, 5) is 3.19. The van der Waals surface area contributed by atoms with Gasteiger partial charge in [0.1, 0.15) is 12.4 Å². The van der Waals surface area contributed by atoms with E-state index in [1.165, 1.54) is 5.56 Å². The predicted octanol–water partition coefficient (Wildman–Crippen LogP) is 2.82. The number of hydrogen-bond acceptors (Lipinski definition) is 3. The highest BCUT2D eigenvalue weighted by molar-refractivity contribution is 7.84. The molecule has 1 atom stereocenters. The summed E-state index contributed by atoms with van der Waals surface area (Å²) in [6, 6.07) is 16.1. The Balaban J connectivity index is 1.80. The third kappa shape index (κ3) is 2.70. The van der Waals surface area contributed by atoms with Gasteiger partial charge in [0, 0.05) is 28.5 Å². The molecule has 0 saturated carbocycles. The van der Waals surface area contributed by atoms with Crippen LogP contribution in [0.5, 0.6) is 5.75 Å². The Labute approximate surface area is 121 Å². The molecule has 20 heavy (non-hydrogen) atoms. The van der Waals surface area contributed by atoms with Crippen LogP contribution in [0, 0.1) is 0 Å². The first-order valence-electron chi connectivity index (χ1n) is 6.63. The minimum atomic E-state index is -0.914. The van der Waals surface area contributed by atoms with E-state index < -0.39 is 10.8 Å². The van der Waals surface area contributed by atoms with E-state index in [9.17, 15) is 4.21 Å². The summed E-state index contributed by atoms with van der Waals surface area (Å²) in [5, 5.41) is 0. The monoisotopic (exact) mass is 287 g/mol. The lowest BCUT2D eigenvalue weighted by molar-refractivity contribution is 0.307. The predicted molar refractivity (Wildman–Crippen MR) is 81.8 cm³/mol. The molecule has 0 radical (unpaired) electrons. The van der Waals surface area contributed by atoms with Crippen molar-refractivity contribution >= 4 is 16.5 Å². The van der Waals surface area contributed by atoms with E-state index in [1.54, 1.807) is 6.26 Å². The molecule has 0 N–H and O–H groups in total. The second-order valence-corrected chi connectivity index (χ2v) is 6.22. The third-order valence-electron chi connectivity index (χ3n) is 3.45. The molecule has 104 valence electrons. The number of anilines is 1. The van der Waals surface area contributed by atoms with Gasteiger partial charge in [-0.05, 0) is 29.8 Å². The second kappa shape index (κ2) is 5.67. The lowest BCUT2D eigenvalue weighted by atomic mass is 10.1. The summed E-state index contributed by atoms with van der Waals surface area (Å²) in [5.41, 5.74) is 2.36. The van der Waals surface area contributed by atoms with Gasteiger partial charge in [0.15, 0.2) is 0 Å². The molecule has 1 heterocycles. The first-order valence-corrected chi connectivity index (χ1v) is 8.19. The highest BCUT2D eigenvalue weighted by Crippen LogP contribution is 2.31. The molecule has 1 aliphatic heterocycles. The van der Waals surface area contributed by atoms with Crippen LogP contribution >= 0.6 is 0 Å². The van der Waals surface area contributed by atoms with E-state index in [0.717, 1.165) is 29.4 Å². The minimum Gasteiger partial charge on any atom is -0.490 e. The topological polar surface area (TPSA) is 29.5 Å². The minimum absolute atomic E-state index is 0.716. The highest BCUT2D eigenvalue weighted by Gasteiger charge is 2.17. The van der Waals surface area contributed by atoms with Crippen LogP contribution in [0.2, 0.25) is 0 Å². The smallest absolute Gasteiger partial charge is 0.142 e. The van der Waals surface area contributed by atoms with Gasteiger partial charge in [0.25, 0.3) is 0 Å². The van der Waals surface area contributed by atoms with Gasteiger partial charge >= 0.3 is 0 Å². The van der Waals surface area contributed by atoms with E-state index in [4.69, 9.17) is 4.74 Å². The molecule has 0 bridgehead atoms. The summed E-state index contributed by atoms with van der Waals surface area (Å²) in [7, 11) is -0.914. The van der Waals surface area contributed by atoms with Gasteiger partial charge in [-0.25, -0.2) is 0 Å². The van der Waals surface area contributed by atoms with Crippen LogP contribution in [0.4, 0.5) is 5.69 Å². The van der Waals surface area contributed by atoms with Crippen molar-refractivity contribution in [2.45, 2.75) is 11.4 Å². The fourth-order valence-corrected chi connectivity index (χ4v) is 2.92. The summed E-state index contributed by atoms with van der Waals surface area (Å²) in [6.45, 7) is 2.45. The first-order chi connectivity index (χ1) is 9.74. The second-order valence-electron chi connectivity index (χ2n) is 4.84. The Bertz CT molecular complexity index is 625. The average Bonchev–Trinajstić information content (AvgIpc) is 2.48. The van der Waals surface area contributed by atoms with Crippen LogP contribution in [0.3, 0.4) is 0 Å². The molecule has 4 heteroatoms. The molecule has 3 rings (SSSR count). The van der Waals surface area contributed by atoms with Crippen molar-refractivity contribution in [3.05, 3.63) is 54.1 Å². The Morgan fingerprint density at radius 1 is 1.15 bits per heavy atom. The zero-order valence-electron chi connectivity index (χ0n) is 11.4. The Hall–Kier alpha value is -1.81. The number of rotatable bonds is 3. The van der Waals surface area contributed by atoms with Gasteiger partial charge in [-0.2, -0.15) is 0 Å². The van der Waals surface area contributed by atoms with E-state index >= 15 is 0 Å². The molecule has 0 unspecified atom stereocenters. The molecular formula is C16H17NO2S. The highest BCUT2D eigenvalue weighted by atomic mass is 32.2. The molecule has 0 aliphatic carbocycles. The average molecular weight is 287 g/mol. The number of nitrogens with zero attached hydrogens (tertiary/aromatic N) is 1. The van der Waals surface area contributed by atoms with E-state index in [2.05, 4.69) is 23.1 Å². The Kier molecular flexibility index (Phi) is 3.74. The van der Waals surface area contributed by atoms with E-state index in [1.807, 2.05) is 30.3 Å². The van der Waals surface area contributed by atoms with Crippen molar-refractivity contribution in [1.29, 1.82) is 0 Å². The summed E-state index contributed by atoms with van der Waals surface area (Å²) in [5.74, 6) is 0.949. The van der Waals surface area contributed by atoms with Crippen molar-refractivity contribution in [2.24, 2.45) is 0 Å². The lowest BCUT2D eigenvalue weighted by Crippen LogP contribution is -2.32. The molecule has 1 aliphatic rings. The maximum Gasteiger partial charge on any atom is 0.142 e. The Morgan fingerprint density at radius 2 is 1.90 bits per heavy atom. The molecule has 0 amide bonds. The van der Waals surface area contributed by atoms with Crippen LogP contribution in [0.15, 0.2) is 53.4 Å². The van der Waals surface area contributed by atoms with E-state index in [-0.39, 0.29) is 0 Å². The van der Waals surface area contributed by atoms with Crippen molar-refractivity contribution in [3.8, 4) is 5.75 Å². The number of fused-ring (bicyclic) bond motifs is 1. The normalized spacial score (nSPS) is 15.3. The maximum absolute atomic E-state index is 11.4. The summed E-state index contributed by atoms with van der Waals surface area (Å²) >= 11 is 0. The quantitative estimate of drug-likeness (QED) is 0.869. The van der Waals surface area contributed by atoms with Crippen molar-refractivity contribution in [3.63, 3.8) is 0 Å². The van der Waals surface area contributed by atoms with Crippen LogP contribution in [0.25, 0.3) is 0 Å². The SMILES string of the molecule is C[S@](=O)c1ccc(CN2CCOc3ccccc32)cc1. The van der Waals surface area contributed by atoms with Crippen molar-refractivity contribution < 1.29 is 8.95 Å². The number of ether oxygens (including phenoxy) is 1. The van der Waals surface area contributed by atoms with Gasteiger partial charge in [0.05, 0.1) is 12.2 Å². The first kappa shape index (κ1) is 13.2. The third-order valence-corrected chi connectivity index (χ3v) is 4.39. The molecule has 2 aromatic carbocycles. The van der Waals surface area contributed by atoms with Crippen LogP contribution in [0.1, 0.15) is 5.56 Å². The molecule has 3 nitrogen and oxygen atoms in total. The molecule has 0 fully saturated rings.